The van der Waals surface area contributed by atoms with Crippen molar-refractivity contribution in [3.8, 4) is 5.75 Å². The molecule has 0 atom stereocenters. The van der Waals surface area contributed by atoms with E-state index in [1.165, 1.54) is 6.07 Å². The second-order valence-electron chi connectivity index (χ2n) is 4.64. The number of carbonyl (C=O) groups is 1. The number of thioether (sulfide) groups is 1. The molecule has 0 bridgehead atoms. The van der Waals surface area contributed by atoms with E-state index in [1.807, 2.05) is 6.07 Å². The molecule has 21 heavy (non-hydrogen) atoms. The molecule has 1 N–H and O–H groups in total. The van der Waals surface area contributed by atoms with Crippen LogP contribution in [0.2, 0.25) is 10.0 Å². The number of fused-ring (bicyclic) bond motifs is 1. The van der Waals surface area contributed by atoms with Gasteiger partial charge < -0.3 is 5.11 Å². The number of hydrogen-bond donors (Lipinski definition) is 1. The van der Waals surface area contributed by atoms with Crippen LogP contribution in [0.5, 0.6) is 5.75 Å². The SMILES string of the molecule is O=C1/C(=C/c2ccc(O)c(Cl)c2)CSc2ccc(Cl)cc21. The summed E-state index contributed by atoms with van der Waals surface area (Å²) >= 11 is 13.5. The molecule has 0 saturated heterocycles. The summed E-state index contributed by atoms with van der Waals surface area (Å²) in [5.41, 5.74) is 2.11. The number of benzene rings is 2. The van der Waals surface area contributed by atoms with Crippen molar-refractivity contribution in [3.63, 3.8) is 0 Å². The van der Waals surface area contributed by atoms with Crippen molar-refractivity contribution in [2.24, 2.45) is 0 Å². The standard InChI is InChI=1S/C16H10Cl2O2S/c17-11-2-4-15-12(7-11)16(20)10(8-21-15)5-9-1-3-14(19)13(18)6-9/h1-7,19H,8H2/b10-5+. The van der Waals surface area contributed by atoms with Crippen LogP contribution in [-0.2, 0) is 0 Å². The maximum atomic E-state index is 12.5. The van der Waals surface area contributed by atoms with Gasteiger partial charge in [0, 0.05) is 26.8 Å². The monoisotopic (exact) mass is 336 g/mol. The fraction of sp³-hybridized carbons (Fsp3) is 0.0625. The molecule has 0 saturated carbocycles. The fourth-order valence-electron chi connectivity index (χ4n) is 2.12. The van der Waals surface area contributed by atoms with E-state index in [1.54, 1.807) is 42.1 Å². The summed E-state index contributed by atoms with van der Waals surface area (Å²) in [6.07, 6.45) is 1.80. The minimum absolute atomic E-state index is 0.0181. The molecule has 2 aromatic carbocycles. The largest absolute Gasteiger partial charge is 0.506 e. The molecule has 0 amide bonds. The molecular weight excluding hydrogens is 327 g/mol. The maximum absolute atomic E-state index is 12.5. The number of rotatable bonds is 1. The van der Waals surface area contributed by atoms with Crippen LogP contribution in [0.4, 0.5) is 0 Å². The molecule has 3 rings (SSSR count). The van der Waals surface area contributed by atoms with Crippen molar-refractivity contribution in [2.45, 2.75) is 4.90 Å². The molecule has 0 radical (unpaired) electrons. The van der Waals surface area contributed by atoms with E-state index in [-0.39, 0.29) is 16.6 Å². The lowest BCUT2D eigenvalue weighted by atomic mass is 10.0. The molecular formula is C16H10Cl2O2S. The molecule has 0 spiro atoms. The van der Waals surface area contributed by atoms with Crippen molar-refractivity contribution in [1.29, 1.82) is 0 Å². The van der Waals surface area contributed by atoms with E-state index in [0.717, 1.165) is 10.5 Å². The Kier molecular flexibility index (Phi) is 3.98. The number of aromatic hydroxyl groups is 1. The minimum Gasteiger partial charge on any atom is -0.506 e. The second-order valence-corrected chi connectivity index (χ2v) is 6.50. The molecule has 1 heterocycles. The first-order chi connectivity index (χ1) is 10.0. The number of phenolic OH excluding ortho intramolecular Hbond substituents is 1. The highest BCUT2D eigenvalue weighted by Crippen LogP contribution is 2.35. The Hall–Kier alpha value is -1.42. The zero-order chi connectivity index (χ0) is 15.0. The summed E-state index contributed by atoms with van der Waals surface area (Å²) in [6, 6.07) is 10.2. The second kappa shape index (κ2) is 5.76. The van der Waals surface area contributed by atoms with E-state index in [4.69, 9.17) is 23.2 Å². The van der Waals surface area contributed by atoms with E-state index in [0.29, 0.717) is 21.9 Å². The van der Waals surface area contributed by atoms with Crippen molar-refractivity contribution >= 4 is 46.8 Å². The Balaban J connectivity index is 1.99. The van der Waals surface area contributed by atoms with Crippen LogP contribution in [0.3, 0.4) is 0 Å². The van der Waals surface area contributed by atoms with Crippen LogP contribution in [0.1, 0.15) is 15.9 Å². The van der Waals surface area contributed by atoms with Crippen molar-refractivity contribution in [3.05, 3.63) is 63.1 Å². The summed E-state index contributed by atoms with van der Waals surface area (Å²) in [5.74, 6) is 0.613. The third-order valence-electron chi connectivity index (χ3n) is 3.17. The number of Topliss-reactive ketones (excluding diaryl/α,β-unsaturated/α-hetero) is 1. The van der Waals surface area contributed by atoms with Gasteiger partial charge in [0.15, 0.2) is 5.78 Å². The minimum atomic E-state index is -0.0181. The van der Waals surface area contributed by atoms with Crippen molar-refractivity contribution < 1.29 is 9.90 Å². The van der Waals surface area contributed by atoms with Gasteiger partial charge in [-0.05, 0) is 42.0 Å². The zero-order valence-electron chi connectivity index (χ0n) is 10.8. The van der Waals surface area contributed by atoms with Crippen LogP contribution >= 0.6 is 35.0 Å². The first-order valence-corrected chi connectivity index (χ1v) is 7.95. The van der Waals surface area contributed by atoms with Gasteiger partial charge in [0.05, 0.1) is 5.02 Å². The lowest BCUT2D eigenvalue weighted by Crippen LogP contribution is -2.12. The van der Waals surface area contributed by atoms with E-state index in [9.17, 15) is 9.90 Å². The zero-order valence-corrected chi connectivity index (χ0v) is 13.1. The molecule has 0 unspecified atom stereocenters. The average Bonchev–Trinajstić information content (AvgIpc) is 2.46. The van der Waals surface area contributed by atoms with Gasteiger partial charge in [-0.3, -0.25) is 4.79 Å². The molecule has 0 aliphatic carbocycles. The summed E-state index contributed by atoms with van der Waals surface area (Å²) in [6.45, 7) is 0. The molecule has 2 aromatic rings. The predicted octanol–water partition coefficient (Wildman–Crippen LogP) is 5.07. The van der Waals surface area contributed by atoms with Gasteiger partial charge in [0.2, 0.25) is 0 Å². The topological polar surface area (TPSA) is 37.3 Å². The quantitative estimate of drug-likeness (QED) is 0.738. The maximum Gasteiger partial charge on any atom is 0.191 e. The Bertz CT molecular complexity index is 769. The third kappa shape index (κ3) is 2.95. The van der Waals surface area contributed by atoms with Gasteiger partial charge in [0.25, 0.3) is 0 Å². The number of carbonyl (C=O) groups excluding carboxylic acids is 1. The molecule has 1 aliphatic heterocycles. The smallest absolute Gasteiger partial charge is 0.191 e. The van der Waals surface area contributed by atoms with Crippen molar-refractivity contribution in [2.75, 3.05) is 5.75 Å². The van der Waals surface area contributed by atoms with Gasteiger partial charge in [-0.25, -0.2) is 0 Å². The van der Waals surface area contributed by atoms with Gasteiger partial charge in [-0.15, -0.1) is 11.8 Å². The first kappa shape index (κ1) is 14.5. The van der Waals surface area contributed by atoms with E-state index < -0.39 is 0 Å². The molecule has 2 nitrogen and oxygen atoms in total. The Morgan fingerprint density at radius 3 is 2.71 bits per heavy atom. The third-order valence-corrected chi connectivity index (χ3v) is 4.83. The van der Waals surface area contributed by atoms with Crippen LogP contribution < -0.4 is 0 Å². The number of phenols is 1. The highest BCUT2D eigenvalue weighted by Gasteiger charge is 2.22. The predicted molar refractivity (Wildman–Crippen MR) is 87.6 cm³/mol. The molecule has 1 aliphatic rings. The lowest BCUT2D eigenvalue weighted by Gasteiger charge is -2.17. The number of hydrogen-bond acceptors (Lipinski definition) is 3. The summed E-state index contributed by atoms with van der Waals surface area (Å²) < 4.78 is 0. The van der Waals surface area contributed by atoms with Crippen LogP contribution in [0, 0.1) is 0 Å². The lowest BCUT2D eigenvalue weighted by molar-refractivity contribution is 0.103. The van der Waals surface area contributed by atoms with Gasteiger partial charge >= 0.3 is 0 Å². The van der Waals surface area contributed by atoms with Crippen LogP contribution in [0.25, 0.3) is 6.08 Å². The van der Waals surface area contributed by atoms with Gasteiger partial charge in [-0.2, -0.15) is 0 Å². The fourth-order valence-corrected chi connectivity index (χ4v) is 3.48. The first-order valence-electron chi connectivity index (χ1n) is 6.21. The van der Waals surface area contributed by atoms with Crippen molar-refractivity contribution in [1.82, 2.24) is 0 Å². The average molecular weight is 337 g/mol. The molecule has 0 fully saturated rings. The van der Waals surface area contributed by atoms with E-state index >= 15 is 0 Å². The van der Waals surface area contributed by atoms with Gasteiger partial charge in [0.1, 0.15) is 5.75 Å². The Labute approximate surface area is 136 Å². The van der Waals surface area contributed by atoms with E-state index in [2.05, 4.69) is 0 Å². The number of ketones is 1. The molecule has 106 valence electrons. The highest BCUT2D eigenvalue weighted by molar-refractivity contribution is 7.99. The summed E-state index contributed by atoms with van der Waals surface area (Å²) in [7, 11) is 0. The Morgan fingerprint density at radius 2 is 1.95 bits per heavy atom. The molecule has 5 heteroatoms. The molecule has 0 aromatic heterocycles. The van der Waals surface area contributed by atoms with Gasteiger partial charge in [-0.1, -0.05) is 29.3 Å². The number of halogens is 2. The summed E-state index contributed by atoms with van der Waals surface area (Å²) in [5, 5.41) is 10.2. The normalized spacial score (nSPS) is 16.1. The van der Waals surface area contributed by atoms with Crippen LogP contribution in [-0.4, -0.2) is 16.6 Å². The Morgan fingerprint density at radius 1 is 1.14 bits per heavy atom. The summed E-state index contributed by atoms with van der Waals surface area (Å²) in [4.78, 5) is 13.5. The highest BCUT2D eigenvalue weighted by atomic mass is 35.5. The van der Waals surface area contributed by atoms with Crippen LogP contribution in [0.15, 0.2) is 46.9 Å².